The Bertz CT molecular complexity index is 2420. The molecule has 2 atom stereocenters. The zero-order valence-electron chi connectivity index (χ0n) is 60.2. The van der Waals surface area contributed by atoms with Gasteiger partial charge in [0.2, 0.25) is 0 Å². The highest BCUT2D eigenvalue weighted by molar-refractivity contribution is 5.70. The third kappa shape index (κ3) is 74.6. The van der Waals surface area contributed by atoms with Crippen molar-refractivity contribution in [1.82, 2.24) is 0 Å². The molecule has 9 heteroatoms. The molecule has 0 aromatic rings. The second-order valence-electron chi connectivity index (χ2n) is 24.4. The highest BCUT2D eigenvalue weighted by Gasteiger charge is 2.22. The molecular weight excluding hydrogens is 1170 g/mol. The van der Waals surface area contributed by atoms with Gasteiger partial charge in [0.25, 0.3) is 0 Å². The number of esters is 2. The second-order valence-corrected chi connectivity index (χ2v) is 24.4. The Hall–Kier alpha value is -6.65. The molecule has 0 aliphatic heterocycles. The normalized spacial score (nSPS) is 14.1. The average Bonchev–Trinajstić information content (AvgIpc) is 3.75. The van der Waals surface area contributed by atoms with Crippen molar-refractivity contribution < 1.29 is 42.9 Å². The van der Waals surface area contributed by atoms with E-state index in [9.17, 15) is 19.5 Å². The van der Waals surface area contributed by atoms with Gasteiger partial charge in [-0.1, -0.05) is 290 Å². The number of rotatable bonds is 64. The molecule has 0 aliphatic rings. The van der Waals surface area contributed by atoms with E-state index in [4.69, 9.17) is 18.9 Å². The van der Waals surface area contributed by atoms with Gasteiger partial charge in [-0.15, -0.1) is 0 Å². The molecule has 2 unspecified atom stereocenters. The van der Waals surface area contributed by atoms with Gasteiger partial charge >= 0.3 is 11.9 Å². The van der Waals surface area contributed by atoms with Crippen LogP contribution in [0.15, 0.2) is 231 Å². The third-order valence-corrected chi connectivity index (χ3v) is 14.4. The van der Waals surface area contributed by atoms with Gasteiger partial charge in [-0.2, -0.15) is 0 Å². The summed E-state index contributed by atoms with van der Waals surface area (Å²) in [5.41, 5.74) is 0. The lowest BCUT2D eigenvalue weighted by Crippen LogP contribution is -2.44. The second kappa shape index (κ2) is 73.2. The average molecular weight is 1310 g/mol. The summed E-state index contributed by atoms with van der Waals surface area (Å²) >= 11 is 0. The van der Waals surface area contributed by atoms with Gasteiger partial charge in [0.05, 0.1) is 40.3 Å². The van der Waals surface area contributed by atoms with Crippen LogP contribution < -0.4 is 5.11 Å². The van der Waals surface area contributed by atoms with E-state index in [1.165, 1.54) is 0 Å². The number of nitrogens with zero attached hydrogens (tertiary/aromatic N) is 1. The Balaban J connectivity index is 4.29. The number of unbranched alkanes of at least 4 members (excludes halogenated alkanes) is 11. The highest BCUT2D eigenvalue weighted by atomic mass is 16.7. The molecule has 0 radical (unpaired) electrons. The van der Waals surface area contributed by atoms with Gasteiger partial charge in [0.15, 0.2) is 12.4 Å². The van der Waals surface area contributed by atoms with E-state index in [-0.39, 0.29) is 32.7 Å². The Labute approximate surface area is 580 Å². The minimum absolute atomic E-state index is 0.127. The van der Waals surface area contributed by atoms with Gasteiger partial charge in [-0.05, 0) is 161 Å². The summed E-state index contributed by atoms with van der Waals surface area (Å²) in [5.74, 6) is -2.36. The summed E-state index contributed by atoms with van der Waals surface area (Å²) in [6, 6.07) is 0. The van der Waals surface area contributed by atoms with Crippen LogP contribution in [0.5, 0.6) is 0 Å². The Morgan fingerprint density at radius 1 is 0.316 bits per heavy atom. The first kappa shape index (κ1) is 88.4. The minimum atomic E-state index is -1.65. The number of quaternary nitrogens is 1. The molecule has 95 heavy (non-hydrogen) atoms. The fourth-order valence-electron chi connectivity index (χ4n) is 8.91. The van der Waals surface area contributed by atoms with Crippen LogP contribution in [0.4, 0.5) is 0 Å². The summed E-state index contributed by atoms with van der Waals surface area (Å²) in [5, 5.41) is 11.8. The van der Waals surface area contributed by atoms with Gasteiger partial charge in [0, 0.05) is 12.8 Å². The number of carbonyl (C=O) groups is 3. The van der Waals surface area contributed by atoms with Crippen LogP contribution >= 0.6 is 0 Å². The number of hydrogen-bond donors (Lipinski definition) is 0. The molecule has 9 nitrogen and oxygen atoms in total. The number of carbonyl (C=O) groups excluding carboxylic acids is 3. The lowest BCUT2D eigenvalue weighted by molar-refractivity contribution is -0.870. The van der Waals surface area contributed by atoms with Crippen molar-refractivity contribution in [2.45, 2.75) is 245 Å². The topological polar surface area (TPSA) is 111 Å². The van der Waals surface area contributed by atoms with Crippen molar-refractivity contribution in [3.05, 3.63) is 231 Å². The minimum Gasteiger partial charge on any atom is -0.545 e. The number of allylic oxidation sites excluding steroid dienone is 38. The first-order valence-corrected chi connectivity index (χ1v) is 36.5. The van der Waals surface area contributed by atoms with Crippen molar-refractivity contribution >= 4 is 17.9 Å². The smallest absolute Gasteiger partial charge is 0.306 e. The number of carboxylic acids is 1. The number of likely N-dealkylation sites (N-methyl/N-ethyl adjacent to an activating group) is 1. The van der Waals surface area contributed by atoms with Crippen LogP contribution in [0.2, 0.25) is 0 Å². The summed E-state index contributed by atoms with van der Waals surface area (Å²) in [4.78, 5) is 37.5. The molecule has 528 valence electrons. The number of carboxylic acid groups (broad SMARTS) is 1. The number of aliphatic carboxylic acids is 1. The highest BCUT2D eigenvalue weighted by Crippen LogP contribution is 2.13. The fourth-order valence-corrected chi connectivity index (χ4v) is 8.91. The monoisotopic (exact) mass is 1310 g/mol. The molecule has 0 aromatic heterocycles. The van der Waals surface area contributed by atoms with Crippen LogP contribution in [0.25, 0.3) is 0 Å². The Morgan fingerprint density at radius 2 is 0.568 bits per heavy atom. The van der Waals surface area contributed by atoms with Gasteiger partial charge < -0.3 is 33.3 Å². The van der Waals surface area contributed by atoms with E-state index in [1.54, 1.807) is 0 Å². The SMILES string of the molecule is CC/C=C\C/C=C\C/C=C\C/C=C\C/C=C\C/C=C\C/C=C\C/C=C\C/C=C\C/C=C\CCCCCCCCC(=O)OC(COC(=O)CCCCCCC/C=C\C/C=C\C/C=C\C/C=C\C/C=C\C/C=C\C/C=C\C/C=C\C/C=C\CC)COC(OCC[N+](C)(C)C)C(=O)[O-]. The summed E-state index contributed by atoms with van der Waals surface area (Å²) < 4.78 is 22.7. The molecule has 0 spiro atoms. The maximum atomic E-state index is 12.9. The number of ether oxygens (including phenoxy) is 4. The summed E-state index contributed by atoms with van der Waals surface area (Å²) in [7, 11) is 5.90. The van der Waals surface area contributed by atoms with E-state index >= 15 is 0 Å². The molecule has 0 bridgehead atoms. The molecule has 0 heterocycles. The van der Waals surface area contributed by atoms with Crippen molar-refractivity contribution in [2.24, 2.45) is 0 Å². The first-order chi connectivity index (χ1) is 46.6. The zero-order chi connectivity index (χ0) is 69.0. The van der Waals surface area contributed by atoms with Gasteiger partial charge in [0.1, 0.15) is 13.2 Å². The van der Waals surface area contributed by atoms with Crippen LogP contribution in [-0.4, -0.2) is 82.3 Å². The zero-order valence-corrected chi connectivity index (χ0v) is 60.2. The van der Waals surface area contributed by atoms with Gasteiger partial charge in [-0.3, -0.25) is 9.59 Å². The van der Waals surface area contributed by atoms with Crippen molar-refractivity contribution in [3.8, 4) is 0 Å². The molecule has 0 saturated carbocycles. The van der Waals surface area contributed by atoms with E-state index in [0.29, 0.717) is 23.9 Å². The summed E-state index contributed by atoms with van der Waals surface area (Å²) in [6.45, 7) is 4.44. The van der Waals surface area contributed by atoms with E-state index < -0.39 is 30.3 Å². The number of hydrogen-bond acceptors (Lipinski definition) is 8. The van der Waals surface area contributed by atoms with E-state index in [2.05, 4.69) is 245 Å². The van der Waals surface area contributed by atoms with Crippen LogP contribution in [0, 0.1) is 0 Å². The fraction of sp³-hybridized carbons (Fsp3) is 0.523. The van der Waals surface area contributed by atoms with Crippen molar-refractivity contribution in [1.29, 1.82) is 0 Å². The largest absolute Gasteiger partial charge is 0.545 e. The van der Waals surface area contributed by atoms with E-state index in [1.807, 2.05) is 21.1 Å². The quantitative estimate of drug-likeness (QED) is 0.0195. The maximum absolute atomic E-state index is 12.9. The lowest BCUT2D eigenvalue weighted by atomic mass is 10.1. The molecule has 0 aromatic carbocycles. The molecule has 0 N–H and O–H groups in total. The van der Waals surface area contributed by atoms with Crippen LogP contribution in [-0.2, 0) is 33.3 Å². The van der Waals surface area contributed by atoms with Crippen LogP contribution in [0.1, 0.15) is 232 Å². The van der Waals surface area contributed by atoms with Crippen molar-refractivity contribution in [3.63, 3.8) is 0 Å². The molecule has 0 aliphatic carbocycles. The Kier molecular flexibility index (Phi) is 68.0. The standard InChI is InChI=1S/C86H131NO8/c1-6-8-10-12-14-16-18-20-22-24-26-28-30-32-34-36-38-40-41-42-43-45-47-49-51-53-55-57-59-61-63-65-67-69-71-73-75-77-84(89)95-82(81-94-86(85(90)91)92-79-78-87(3,4)5)80-93-83(88)76-74-72-70-68-66-64-62-60-58-56-54-52-50-48-46-44-39-37-35-33-31-29-27-25-23-21-19-17-15-13-11-9-7-2/h8-11,14-17,20-23,26-29,32-35,38-40,42-44,47-50,53-56,59-62,82,86H,6-7,12-13,18-19,24-25,30-31,36-37,41,45-46,51-52,57-58,63-81H2,1-5H3/b10-8-,11-9-,16-14-,17-15-,22-20-,23-21-,28-26-,29-27-,34-32-,35-33-,40-38-,43-42-,44-39-,49-47-,50-48-,55-53-,56-54-,61-59-,62-60-. The first-order valence-electron chi connectivity index (χ1n) is 36.5. The predicted molar refractivity (Wildman–Crippen MR) is 406 cm³/mol. The summed E-state index contributed by atoms with van der Waals surface area (Å²) in [6.07, 6.45) is 114. The molecular formula is C86H131NO8. The van der Waals surface area contributed by atoms with E-state index in [0.717, 1.165) is 193 Å². The molecule has 0 fully saturated rings. The molecule has 0 saturated heterocycles. The third-order valence-electron chi connectivity index (χ3n) is 14.4. The van der Waals surface area contributed by atoms with Gasteiger partial charge in [-0.25, -0.2) is 0 Å². The Morgan fingerprint density at radius 3 is 0.842 bits per heavy atom. The maximum Gasteiger partial charge on any atom is 0.306 e. The lowest BCUT2D eigenvalue weighted by Gasteiger charge is -2.26. The molecule has 0 amide bonds. The van der Waals surface area contributed by atoms with Crippen LogP contribution in [0.3, 0.4) is 0 Å². The van der Waals surface area contributed by atoms with Crippen molar-refractivity contribution in [2.75, 3.05) is 47.5 Å². The molecule has 0 rings (SSSR count). The predicted octanol–water partition coefficient (Wildman–Crippen LogP) is 22.1.